The summed E-state index contributed by atoms with van der Waals surface area (Å²) >= 11 is 5.84. The fourth-order valence-corrected chi connectivity index (χ4v) is 2.05. The quantitative estimate of drug-likeness (QED) is 0.841. The van der Waals surface area contributed by atoms with E-state index in [1.165, 1.54) is 0 Å². The number of hydrogen-bond donors (Lipinski definition) is 0. The molecule has 19 heavy (non-hydrogen) atoms. The van der Waals surface area contributed by atoms with E-state index in [1.54, 1.807) is 18.2 Å². The molecule has 0 aliphatic heterocycles. The Bertz CT molecular complexity index is 648. The van der Waals surface area contributed by atoms with E-state index < -0.39 is 0 Å². The van der Waals surface area contributed by atoms with Crippen molar-refractivity contribution in [3.8, 4) is 12.1 Å². The van der Waals surface area contributed by atoms with Gasteiger partial charge in [0.2, 0.25) is 0 Å². The lowest BCUT2D eigenvalue weighted by molar-refractivity contribution is 0.849. The van der Waals surface area contributed by atoms with Crippen molar-refractivity contribution >= 4 is 11.6 Å². The minimum atomic E-state index is -0.255. The molecule has 3 heteroatoms. The second-order valence-corrected chi connectivity index (χ2v) is 4.69. The van der Waals surface area contributed by atoms with Gasteiger partial charge >= 0.3 is 0 Å². The predicted molar refractivity (Wildman–Crippen MR) is 74.7 cm³/mol. The highest BCUT2D eigenvalue weighted by Crippen LogP contribution is 2.22. The summed E-state index contributed by atoms with van der Waals surface area (Å²) in [6.45, 7) is 0. The van der Waals surface area contributed by atoms with Gasteiger partial charge < -0.3 is 0 Å². The second kappa shape index (κ2) is 6.05. The summed E-state index contributed by atoms with van der Waals surface area (Å²) < 4.78 is 0. The molecule has 0 saturated carbocycles. The van der Waals surface area contributed by atoms with Crippen LogP contribution in [0.25, 0.3) is 0 Å². The molecule has 0 aliphatic carbocycles. The lowest BCUT2D eigenvalue weighted by atomic mass is 9.92. The standard InChI is InChI=1S/C16H11ClN2/c17-16-6-4-12(5-7-16)8-15(11-19)14-3-1-2-13(9-14)10-18/h1-7,9,15H,8H2. The van der Waals surface area contributed by atoms with E-state index in [9.17, 15) is 5.26 Å². The number of nitriles is 2. The molecule has 0 spiro atoms. The summed E-state index contributed by atoms with van der Waals surface area (Å²) in [4.78, 5) is 0. The van der Waals surface area contributed by atoms with Gasteiger partial charge in [-0.1, -0.05) is 35.9 Å². The second-order valence-electron chi connectivity index (χ2n) is 4.25. The van der Waals surface area contributed by atoms with Crippen molar-refractivity contribution < 1.29 is 0 Å². The molecule has 1 atom stereocenters. The van der Waals surface area contributed by atoms with Crippen LogP contribution in [-0.4, -0.2) is 0 Å². The zero-order valence-electron chi connectivity index (χ0n) is 10.2. The van der Waals surface area contributed by atoms with Crippen molar-refractivity contribution in [3.63, 3.8) is 0 Å². The molecule has 0 N–H and O–H groups in total. The zero-order valence-corrected chi connectivity index (χ0v) is 10.9. The monoisotopic (exact) mass is 266 g/mol. The first-order valence-corrected chi connectivity index (χ1v) is 6.25. The molecule has 0 saturated heterocycles. The molecule has 2 aromatic carbocycles. The maximum Gasteiger partial charge on any atom is 0.0991 e. The molecule has 0 amide bonds. The molecule has 2 nitrogen and oxygen atoms in total. The van der Waals surface area contributed by atoms with Crippen LogP contribution in [0.4, 0.5) is 0 Å². The van der Waals surface area contributed by atoms with Crippen LogP contribution < -0.4 is 0 Å². The fraction of sp³-hybridized carbons (Fsp3) is 0.125. The fourth-order valence-electron chi connectivity index (χ4n) is 1.92. The third-order valence-electron chi connectivity index (χ3n) is 2.93. The van der Waals surface area contributed by atoms with Crippen LogP contribution in [-0.2, 0) is 6.42 Å². The van der Waals surface area contributed by atoms with Crippen LogP contribution in [0.15, 0.2) is 48.5 Å². The van der Waals surface area contributed by atoms with Gasteiger partial charge in [-0.2, -0.15) is 10.5 Å². The first-order valence-electron chi connectivity index (χ1n) is 5.87. The van der Waals surface area contributed by atoms with E-state index in [4.69, 9.17) is 16.9 Å². The Morgan fingerprint density at radius 1 is 1.05 bits per heavy atom. The molecule has 0 radical (unpaired) electrons. The van der Waals surface area contributed by atoms with Crippen LogP contribution in [0.1, 0.15) is 22.6 Å². The summed E-state index contributed by atoms with van der Waals surface area (Å²) in [6.07, 6.45) is 0.614. The van der Waals surface area contributed by atoms with Crippen molar-refractivity contribution in [1.82, 2.24) is 0 Å². The SMILES string of the molecule is N#Cc1cccc(C(C#N)Cc2ccc(Cl)cc2)c1. The maximum absolute atomic E-state index is 9.30. The summed E-state index contributed by atoms with van der Waals surface area (Å²) in [5, 5.41) is 18.9. The Hall–Kier alpha value is -2.29. The molecule has 0 fully saturated rings. The Kier molecular flexibility index (Phi) is 4.18. The highest BCUT2D eigenvalue weighted by molar-refractivity contribution is 6.30. The van der Waals surface area contributed by atoms with E-state index in [0.29, 0.717) is 17.0 Å². The number of halogens is 1. The minimum absolute atomic E-state index is 0.255. The van der Waals surface area contributed by atoms with E-state index in [-0.39, 0.29) is 5.92 Å². The molecule has 0 aromatic heterocycles. The third kappa shape index (κ3) is 3.35. The number of rotatable bonds is 3. The molecular formula is C16H11ClN2. The number of benzene rings is 2. The van der Waals surface area contributed by atoms with Crippen molar-refractivity contribution in [3.05, 3.63) is 70.2 Å². The van der Waals surface area contributed by atoms with Gasteiger partial charge in [-0.05, 0) is 41.8 Å². The Morgan fingerprint density at radius 3 is 2.42 bits per heavy atom. The molecule has 0 aliphatic rings. The Morgan fingerprint density at radius 2 is 1.79 bits per heavy atom. The summed E-state index contributed by atoms with van der Waals surface area (Å²) in [5.41, 5.74) is 2.50. The van der Waals surface area contributed by atoms with Crippen molar-refractivity contribution in [2.75, 3.05) is 0 Å². The molecule has 0 bridgehead atoms. The van der Waals surface area contributed by atoms with Gasteiger partial charge in [0, 0.05) is 5.02 Å². The molecule has 1 unspecified atom stereocenters. The lowest BCUT2D eigenvalue weighted by Crippen LogP contribution is -2.00. The maximum atomic E-state index is 9.30. The van der Waals surface area contributed by atoms with Gasteiger partial charge in [-0.3, -0.25) is 0 Å². The normalized spacial score (nSPS) is 11.3. The molecule has 2 aromatic rings. The van der Waals surface area contributed by atoms with E-state index in [0.717, 1.165) is 11.1 Å². The highest BCUT2D eigenvalue weighted by Gasteiger charge is 2.12. The third-order valence-corrected chi connectivity index (χ3v) is 3.18. The van der Waals surface area contributed by atoms with Gasteiger partial charge in [-0.15, -0.1) is 0 Å². The number of nitrogens with zero attached hydrogens (tertiary/aromatic N) is 2. The summed E-state index contributed by atoms with van der Waals surface area (Å²) in [7, 11) is 0. The van der Waals surface area contributed by atoms with Crippen molar-refractivity contribution in [2.45, 2.75) is 12.3 Å². The van der Waals surface area contributed by atoms with Crippen LogP contribution >= 0.6 is 11.6 Å². The average molecular weight is 267 g/mol. The molecule has 92 valence electrons. The smallest absolute Gasteiger partial charge is 0.0991 e. The molecule has 0 heterocycles. The molecule has 2 rings (SSSR count). The first-order chi connectivity index (χ1) is 9.22. The van der Waals surface area contributed by atoms with E-state index in [1.807, 2.05) is 30.3 Å². The van der Waals surface area contributed by atoms with Crippen LogP contribution in [0.2, 0.25) is 5.02 Å². The van der Waals surface area contributed by atoms with Crippen molar-refractivity contribution in [1.29, 1.82) is 10.5 Å². The Balaban J connectivity index is 2.23. The average Bonchev–Trinajstić information content (AvgIpc) is 2.46. The first kappa shape index (κ1) is 13.1. The van der Waals surface area contributed by atoms with E-state index >= 15 is 0 Å². The summed E-state index contributed by atoms with van der Waals surface area (Å²) in [5.74, 6) is -0.255. The topological polar surface area (TPSA) is 47.6 Å². The van der Waals surface area contributed by atoms with Crippen LogP contribution in [0.3, 0.4) is 0 Å². The van der Waals surface area contributed by atoms with Gasteiger partial charge in [0.25, 0.3) is 0 Å². The van der Waals surface area contributed by atoms with Crippen LogP contribution in [0, 0.1) is 22.7 Å². The zero-order chi connectivity index (χ0) is 13.7. The minimum Gasteiger partial charge on any atom is -0.198 e. The van der Waals surface area contributed by atoms with Gasteiger partial charge in [0.1, 0.15) is 0 Å². The van der Waals surface area contributed by atoms with Gasteiger partial charge in [0.15, 0.2) is 0 Å². The van der Waals surface area contributed by atoms with E-state index in [2.05, 4.69) is 12.1 Å². The van der Waals surface area contributed by atoms with Crippen LogP contribution in [0.5, 0.6) is 0 Å². The highest BCUT2D eigenvalue weighted by atomic mass is 35.5. The number of hydrogen-bond acceptors (Lipinski definition) is 2. The summed E-state index contributed by atoms with van der Waals surface area (Å²) in [6, 6.07) is 19.0. The van der Waals surface area contributed by atoms with Crippen molar-refractivity contribution in [2.24, 2.45) is 0 Å². The lowest BCUT2D eigenvalue weighted by Gasteiger charge is -2.10. The largest absolute Gasteiger partial charge is 0.198 e. The van der Waals surface area contributed by atoms with Gasteiger partial charge in [0.05, 0.1) is 23.6 Å². The van der Waals surface area contributed by atoms with Gasteiger partial charge in [-0.25, -0.2) is 0 Å². The molecular weight excluding hydrogens is 256 g/mol. The predicted octanol–water partition coefficient (Wildman–Crippen LogP) is 4.06. The Labute approximate surface area is 117 Å².